The van der Waals surface area contributed by atoms with Gasteiger partial charge in [0.25, 0.3) is 0 Å². The van der Waals surface area contributed by atoms with Crippen molar-refractivity contribution in [1.82, 2.24) is 15.1 Å². The van der Waals surface area contributed by atoms with Crippen LogP contribution in [0.3, 0.4) is 0 Å². The topological polar surface area (TPSA) is 35.6 Å². The standard InChI is InChI=1S/C16H25N3O.ClH/c1-13-11-17-9-10-19(13)12-16(20)18(3)14(2)15-7-5-4-6-8-15;/h4-8,13-14,17H,9-12H2,1-3H3;1H. The molecule has 1 heterocycles. The fourth-order valence-corrected chi connectivity index (χ4v) is 2.57. The first-order valence-corrected chi connectivity index (χ1v) is 7.35. The van der Waals surface area contributed by atoms with E-state index < -0.39 is 0 Å². The number of carbonyl (C=O) groups is 1. The minimum absolute atomic E-state index is 0. The third kappa shape index (κ3) is 4.70. The van der Waals surface area contributed by atoms with Gasteiger partial charge in [-0.05, 0) is 19.4 Å². The molecule has 4 nitrogen and oxygen atoms in total. The van der Waals surface area contributed by atoms with Gasteiger partial charge in [-0.1, -0.05) is 30.3 Å². The molecule has 2 rings (SSSR count). The first-order chi connectivity index (χ1) is 9.59. The lowest BCUT2D eigenvalue weighted by molar-refractivity contribution is -0.133. The van der Waals surface area contributed by atoms with E-state index in [-0.39, 0.29) is 24.4 Å². The van der Waals surface area contributed by atoms with Gasteiger partial charge in [0.1, 0.15) is 0 Å². The van der Waals surface area contributed by atoms with Crippen molar-refractivity contribution in [3.05, 3.63) is 35.9 Å². The summed E-state index contributed by atoms with van der Waals surface area (Å²) in [5.74, 6) is 0.190. The summed E-state index contributed by atoms with van der Waals surface area (Å²) in [6.07, 6.45) is 0. The third-order valence-corrected chi connectivity index (χ3v) is 4.23. The van der Waals surface area contributed by atoms with E-state index in [0.29, 0.717) is 12.6 Å². The zero-order chi connectivity index (χ0) is 14.5. The number of nitrogens with one attached hydrogen (secondary N) is 1. The Hall–Kier alpha value is -1.10. The summed E-state index contributed by atoms with van der Waals surface area (Å²) in [7, 11) is 1.90. The van der Waals surface area contributed by atoms with Crippen LogP contribution in [0.25, 0.3) is 0 Å². The molecule has 1 saturated heterocycles. The number of hydrogen-bond acceptors (Lipinski definition) is 3. The molecule has 0 aromatic heterocycles. The number of carbonyl (C=O) groups excluding carboxylic acids is 1. The lowest BCUT2D eigenvalue weighted by Gasteiger charge is -2.35. The summed E-state index contributed by atoms with van der Waals surface area (Å²) >= 11 is 0. The van der Waals surface area contributed by atoms with Gasteiger partial charge >= 0.3 is 0 Å². The molecule has 1 aliphatic rings. The smallest absolute Gasteiger partial charge is 0.237 e. The maximum atomic E-state index is 12.4. The lowest BCUT2D eigenvalue weighted by Crippen LogP contribution is -2.53. The molecule has 21 heavy (non-hydrogen) atoms. The van der Waals surface area contributed by atoms with Crippen LogP contribution in [-0.2, 0) is 4.79 Å². The molecule has 2 unspecified atom stereocenters. The van der Waals surface area contributed by atoms with Gasteiger partial charge in [-0.2, -0.15) is 0 Å². The number of halogens is 1. The Balaban J connectivity index is 0.00000220. The van der Waals surface area contributed by atoms with Crippen LogP contribution in [0.5, 0.6) is 0 Å². The summed E-state index contributed by atoms with van der Waals surface area (Å²) in [5.41, 5.74) is 1.18. The largest absolute Gasteiger partial charge is 0.338 e. The molecule has 1 N–H and O–H groups in total. The monoisotopic (exact) mass is 311 g/mol. The molecule has 118 valence electrons. The van der Waals surface area contributed by atoms with E-state index in [1.165, 1.54) is 5.56 Å². The molecule has 1 amide bonds. The van der Waals surface area contributed by atoms with Gasteiger partial charge in [0.15, 0.2) is 0 Å². The van der Waals surface area contributed by atoms with Gasteiger partial charge in [0, 0.05) is 32.7 Å². The quantitative estimate of drug-likeness (QED) is 0.923. The molecule has 2 atom stereocenters. The van der Waals surface area contributed by atoms with E-state index in [4.69, 9.17) is 0 Å². The number of likely N-dealkylation sites (N-methyl/N-ethyl adjacent to an activating group) is 1. The number of amides is 1. The van der Waals surface area contributed by atoms with E-state index in [1.54, 1.807) is 0 Å². The van der Waals surface area contributed by atoms with Crippen LogP contribution in [0.2, 0.25) is 0 Å². The first kappa shape index (κ1) is 18.0. The first-order valence-electron chi connectivity index (χ1n) is 7.35. The molecule has 0 aliphatic carbocycles. The Labute approximate surface area is 133 Å². The number of hydrogen-bond donors (Lipinski definition) is 1. The molecule has 0 spiro atoms. The molecule has 0 saturated carbocycles. The molecular weight excluding hydrogens is 286 g/mol. The number of benzene rings is 1. The van der Waals surface area contributed by atoms with Crippen molar-refractivity contribution in [2.45, 2.75) is 25.9 Å². The molecule has 1 aromatic carbocycles. The van der Waals surface area contributed by atoms with Crippen molar-refractivity contribution in [2.24, 2.45) is 0 Å². The highest BCUT2D eigenvalue weighted by Gasteiger charge is 2.24. The van der Waals surface area contributed by atoms with Gasteiger partial charge < -0.3 is 10.2 Å². The predicted octanol–water partition coefficient (Wildman–Crippen LogP) is 1.92. The van der Waals surface area contributed by atoms with E-state index in [9.17, 15) is 4.79 Å². The molecule has 5 heteroatoms. The van der Waals surface area contributed by atoms with Crippen LogP contribution in [-0.4, -0.2) is 55.0 Å². The van der Waals surface area contributed by atoms with Gasteiger partial charge in [0.05, 0.1) is 12.6 Å². The van der Waals surface area contributed by atoms with Crippen molar-refractivity contribution in [1.29, 1.82) is 0 Å². The summed E-state index contributed by atoms with van der Waals surface area (Å²) in [6.45, 7) is 7.63. The molecule has 1 aliphatic heterocycles. The van der Waals surface area contributed by atoms with Crippen molar-refractivity contribution < 1.29 is 4.79 Å². The van der Waals surface area contributed by atoms with Crippen molar-refractivity contribution in [3.63, 3.8) is 0 Å². The highest BCUT2D eigenvalue weighted by molar-refractivity contribution is 5.85. The zero-order valence-electron chi connectivity index (χ0n) is 13.1. The Morgan fingerprint density at radius 1 is 1.43 bits per heavy atom. The second kappa shape index (κ2) is 8.37. The van der Waals surface area contributed by atoms with Crippen LogP contribution in [0.4, 0.5) is 0 Å². The fraction of sp³-hybridized carbons (Fsp3) is 0.562. The van der Waals surface area contributed by atoms with Crippen molar-refractivity contribution >= 4 is 18.3 Å². The summed E-state index contributed by atoms with van der Waals surface area (Å²) in [5, 5.41) is 3.35. The Kier molecular flexibility index (Phi) is 7.15. The SMILES string of the molecule is CC1CNCCN1CC(=O)N(C)C(C)c1ccccc1.Cl. The maximum Gasteiger partial charge on any atom is 0.237 e. The minimum atomic E-state index is 0. The van der Waals surface area contributed by atoms with Crippen LogP contribution >= 0.6 is 12.4 Å². The van der Waals surface area contributed by atoms with Crippen molar-refractivity contribution in [2.75, 3.05) is 33.2 Å². The van der Waals surface area contributed by atoms with Crippen LogP contribution in [0.1, 0.15) is 25.5 Å². The zero-order valence-corrected chi connectivity index (χ0v) is 13.9. The maximum absolute atomic E-state index is 12.4. The molecule has 0 radical (unpaired) electrons. The number of nitrogens with zero attached hydrogens (tertiary/aromatic N) is 2. The molecule has 1 fully saturated rings. The Bertz CT molecular complexity index is 440. The third-order valence-electron chi connectivity index (χ3n) is 4.23. The summed E-state index contributed by atoms with van der Waals surface area (Å²) < 4.78 is 0. The van der Waals surface area contributed by atoms with Gasteiger partial charge in [-0.15, -0.1) is 12.4 Å². The predicted molar refractivity (Wildman–Crippen MR) is 88.8 cm³/mol. The van der Waals surface area contributed by atoms with E-state index in [0.717, 1.165) is 19.6 Å². The van der Waals surface area contributed by atoms with E-state index in [2.05, 4.69) is 36.2 Å². The average molecular weight is 312 g/mol. The summed E-state index contributed by atoms with van der Waals surface area (Å²) in [6, 6.07) is 10.7. The summed E-state index contributed by atoms with van der Waals surface area (Å²) in [4.78, 5) is 16.5. The van der Waals surface area contributed by atoms with E-state index >= 15 is 0 Å². The second-order valence-corrected chi connectivity index (χ2v) is 5.61. The van der Waals surface area contributed by atoms with E-state index in [1.807, 2.05) is 30.1 Å². The van der Waals surface area contributed by atoms with Gasteiger partial charge in [0.2, 0.25) is 5.91 Å². The van der Waals surface area contributed by atoms with Crippen molar-refractivity contribution in [3.8, 4) is 0 Å². The Morgan fingerprint density at radius 3 is 2.71 bits per heavy atom. The highest BCUT2D eigenvalue weighted by atomic mass is 35.5. The second-order valence-electron chi connectivity index (χ2n) is 5.61. The van der Waals surface area contributed by atoms with Gasteiger partial charge in [-0.3, -0.25) is 9.69 Å². The average Bonchev–Trinajstić information content (AvgIpc) is 2.49. The fourth-order valence-electron chi connectivity index (χ4n) is 2.57. The van der Waals surface area contributed by atoms with Crippen LogP contribution in [0, 0.1) is 0 Å². The van der Waals surface area contributed by atoms with Crippen LogP contribution < -0.4 is 5.32 Å². The normalized spacial score (nSPS) is 20.4. The van der Waals surface area contributed by atoms with Crippen LogP contribution in [0.15, 0.2) is 30.3 Å². The number of rotatable bonds is 4. The molecule has 0 bridgehead atoms. The molecular formula is C16H26ClN3O. The lowest BCUT2D eigenvalue weighted by atomic mass is 10.1. The minimum Gasteiger partial charge on any atom is -0.338 e. The Morgan fingerprint density at radius 2 is 2.10 bits per heavy atom. The highest BCUT2D eigenvalue weighted by Crippen LogP contribution is 2.18. The number of piperazine rings is 1. The van der Waals surface area contributed by atoms with Gasteiger partial charge in [-0.25, -0.2) is 0 Å². The molecule has 1 aromatic rings.